The summed E-state index contributed by atoms with van der Waals surface area (Å²) in [5.41, 5.74) is 4.88. The Labute approximate surface area is 225 Å². The Morgan fingerprint density at radius 2 is 1.66 bits per heavy atom. The fraction of sp³-hybridized carbons (Fsp3) is 0.424. The fourth-order valence-electron chi connectivity index (χ4n) is 6.52. The van der Waals surface area contributed by atoms with E-state index in [9.17, 15) is 9.18 Å². The van der Waals surface area contributed by atoms with Gasteiger partial charge < -0.3 is 9.47 Å². The normalized spacial score (nSPS) is 20.9. The van der Waals surface area contributed by atoms with E-state index in [2.05, 4.69) is 17.0 Å². The number of rotatable bonds is 10. The number of ether oxygens (including phenoxy) is 2. The van der Waals surface area contributed by atoms with Crippen LogP contribution in [0.5, 0.6) is 11.5 Å². The molecule has 0 spiro atoms. The van der Waals surface area contributed by atoms with Crippen molar-refractivity contribution in [2.24, 2.45) is 11.8 Å². The number of carbonyl (C=O) groups is 1. The summed E-state index contributed by atoms with van der Waals surface area (Å²) in [6, 6.07) is 19.2. The lowest BCUT2D eigenvalue weighted by atomic mass is 9.87. The van der Waals surface area contributed by atoms with Crippen molar-refractivity contribution >= 4 is 5.78 Å². The summed E-state index contributed by atoms with van der Waals surface area (Å²) in [7, 11) is 0. The summed E-state index contributed by atoms with van der Waals surface area (Å²) < 4.78 is 25.8. The van der Waals surface area contributed by atoms with Crippen molar-refractivity contribution in [2.75, 3.05) is 19.8 Å². The minimum Gasteiger partial charge on any atom is -0.493 e. The number of fused-ring (bicyclic) bond motifs is 1. The van der Waals surface area contributed by atoms with Crippen LogP contribution < -0.4 is 9.47 Å². The molecule has 1 unspecified atom stereocenters. The second-order valence-electron chi connectivity index (χ2n) is 10.7. The van der Waals surface area contributed by atoms with Crippen LogP contribution in [0.1, 0.15) is 61.0 Å². The van der Waals surface area contributed by atoms with Gasteiger partial charge in [0.1, 0.15) is 17.3 Å². The molecule has 5 rings (SSSR count). The predicted molar refractivity (Wildman–Crippen MR) is 149 cm³/mol. The van der Waals surface area contributed by atoms with Gasteiger partial charge in [-0.15, -0.1) is 0 Å². The Morgan fingerprint density at radius 3 is 2.32 bits per heavy atom. The van der Waals surface area contributed by atoms with Crippen molar-refractivity contribution in [2.45, 2.75) is 59.0 Å². The van der Waals surface area contributed by atoms with Crippen molar-refractivity contribution in [3.63, 3.8) is 0 Å². The maximum Gasteiger partial charge on any atom is 0.163 e. The Morgan fingerprint density at radius 1 is 0.947 bits per heavy atom. The summed E-state index contributed by atoms with van der Waals surface area (Å²) in [5.74, 6) is 2.57. The molecule has 0 radical (unpaired) electrons. The summed E-state index contributed by atoms with van der Waals surface area (Å²) in [5, 5.41) is 0. The van der Waals surface area contributed by atoms with Crippen LogP contribution in [0.4, 0.5) is 4.39 Å². The van der Waals surface area contributed by atoms with Gasteiger partial charge in [-0.25, -0.2) is 4.39 Å². The number of hydrogen-bond donors (Lipinski definition) is 0. The number of ketones is 1. The Bertz CT molecular complexity index is 1240. The summed E-state index contributed by atoms with van der Waals surface area (Å²) in [6.07, 6.45) is 4.04. The topological polar surface area (TPSA) is 38.8 Å². The first-order valence-corrected chi connectivity index (χ1v) is 14.0. The first kappa shape index (κ1) is 26.4. The van der Waals surface area contributed by atoms with Gasteiger partial charge in [-0.3, -0.25) is 9.69 Å². The maximum atomic E-state index is 13.6. The molecule has 0 amide bonds. The van der Waals surface area contributed by atoms with Crippen LogP contribution in [0.15, 0.2) is 60.7 Å². The van der Waals surface area contributed by atoms with Crippen molar-refractivity contribution < 1.29 is 18.7 Å². The molecule has 3 atom stereocenters. The van der Waals surface area contributed by atoms with E-state index in [1.54, 1.807) is 12.1 Å². The van der Waals surface area contributed by atoms with Crippen molar-refractivity contribution in [3.8, 4) is 22.6 Å². The fourth-order valence-corrected chi connectivity index (χ4v) is 6.52. The highest BCUT2D eigenvalue weighted by atomic mass is 19.1. The minimum atomic E-state index is -0.264. The monoisotopic (exact) mass is 515 g/mol. The lowest BCUT2D eigenvalue weighted by molar-refractivity contribution is 0.0949. The standard InChI is InChI=1S/C33H38FNO3/c1-4-37-31-18-23(19-32(38-5-2)33(31)24-9-12-27(34)13-10-24)21-35-16-15-28-25(11-14-29(28)35)20-30(36)26-8-6-7-22(3)17-26/h6-10,12-13,17-19,25,28-29H,4-5,11,14-16,20-21H2,1-3H3/t25?,28-,29+/m0/s1. The molecule has 1 saturated carbocycles. The van der Waals surface area contributed by atoms with Gasteiger partial charge in [0.2, 0.25) is 0 Å². The third-order valence-corrected chi connectivity index (χ3v) is 8.18. The van der Waals surface area contributed by atoms with Gasteiger partial charge in [-0.2, -0.15) is 0 Å². The number of carbonyl (C=O) groups excluding carboxylic acids is 1. The zero-order valence-corrected chi connectivity index (χ0v) is 22.7. The van der Waals surface area contributed by atoms with E-state index in [0.717, 1.165) is 71.7 Å². The number of nitrogens with zero attached hydrogens (tertiary/aromatic N) is 1. The van der Waals surface area contributed by atoms with Crippen LogP contribution in [0, 0.1) is 24.6 Å². The van der Waals surface area contributed by atoms with Crippen LogP contribution in [0.3, 0.4) is 0 Å². The quantitative estimate of drug-likeness (QED) is 0.263. The number of hydrogen-bond acceptors (Lipinski definition) is 4. The van der Waals surface area contributed by atoms with E-state index in [1.807, 2.05) is 45.0 Å². The van der Waals surface area contributed by atoms with Gasteiger partial charge in [0.25, 0.3) is 0 Å². The van der Waals surface area contributed by atoms with Crippen LogP contribution >= 0.6 is 0 Å². The van der Waals surface area contributed by atoms with Crippen LogP contribution in [-0.2, 0) is 6.54 Å². The highest BCUT2D eigenvalue weighted by Crippen LogP contribution is 2.46. The van der Waals surface area contributed by atoms with Gasteiger partial charge in [0.05, 0.1) is 18.8 Å². The third kappa shape index (κ3) is 5.63. The zero-order chi connectivity index (χ0) is 26.6. The van der Waals surface area contributed by atoms with Crippen LogP contribution in [-0.4, -0.2) is 36.5 Å². The largest absolute Gasteiger partial charge is 0.493 e. The highest BCUT2D eigenvalue weighted by Gasteiger charge is 2.44. The van der Waals surface area contributed by atoms with Crippen molar-refractivity contribution in [3.05, 3.63) is 83.2 Å². The molecule has 3 aromatic carbocycles. The molecule has 1 aliphatic carbocycles. The second kappa shape index (κ2) is 11.7. The molecule has 0 aromatic heterocycles. The van der Waals surface area contributed by atoms with E-state index in [0.29, 0.717) is 37.5 Å². The number of Topliss-reactive ketones (excluding diaryl/α,β-unsaturated/α-hetero) is 1. The average Bonchev–Trinajstić information content (AvgIpc) is 3.48. The van der Waals surface area contributed by atoms with E-state index < -0.39 is 0 Å². The van der Waals surface area contributed by atoms with Gasteiger partial charge in [0, 0.05) is 24.6 Å². The lowest BCUT2D eigenvalue weighted by Crippen LogP contribution is -2.30. The molecule has 0 N–H and O–H groups in total. The zero-order valence-electron chi connectivity index (χ0n) is 22.7. The Kier molecular flexibility index (Phi) is 8.13. The molecular formula is C33H38FNO3. The molecule has 2 fully saturated rings. The highest BCUT2D eigenvalue weighted by molar-refractivity contribution is 5.96. The molecule has 5 heteroatoms. The van der Waals surface area contributed by atoms with Crippen molar-refractivity contribution in [1.82, 2.24) is 4.90 Å². The smallest absolute Gasteiger partial charge is 0.163 e. The number of benzene rings is 3. The van der Waals surface area contributed by atoms with Crippen LogP contribution in [0.2, 0.25) is 0 Å². The minimum absolute atomic E-state index is 0.264. The Hall–Kier alpha value is -3.18. The average molecular weight is 516 g/mol. The SMILES string of the molecule is CCOc1cc(CN2CC[C@H]3C(CC(=O)c4cccc(C)c4)CC[C@H]32)cc(OCC)c1-c1ccc(F)cc1. The van der Waals surface area contributed by atoms with E-state index in [1.165, 1.54) is 12.1 Å². The molecular weight excluding hydrogens is 477 g/mol. The summed E-state index contributed by atoms with van der Waals surface area (Å²) in [6.45, 7) is 8.92. The predicted octanol–water partition coefficient (Wildman–Crippen LogP) is 7.47. The Balaban J connectivity index is 1.33. The van der Waals surface area contributed by atoms with E-state index in [4.69, 9.17) is 9.47 Å². The molecule has 1 aliphatic heterocycles. The summed E-state index contributed by atoms with van der Waals surface area (Å²) >= 11 is 0. The van der Waals surface area contributed by atoms with Gasteiger partial charge in [-0.1, -0.05) is 35.9 Å². The second-order valence-corrected chi connectivity index (χ2v) is 10.7. The first-order valence-electron chi connectivity index (χ1n) is 14.0. The lowest BCUT2D eigenvalue weighted by Gasteiger charge is -2.25. The third-order valence-electron chi connectivity index (χ3n) is 8.18. The molecule has 3 aromatic rings. The molecule has 1 saturated heterocycles. The number of likely N-dealkylation sites (tertiary alicyclic amines) is 1. The van der Waals surface area contributed by atoms with Gasteiger partial charge in [-0.05, 0) is 99.9 Å². The van der Waals surface area contributed by atoms with Gasteiger partial charge in [0.15, 0.2) is 5.78 Å². The maximum absolute atomic E-state index is 13.6. The van der Waals surface area contributed by atoms with Crippen LogP contribution in [0.25, 0.3) is 11.1 Å². The molecule has 38 heavy (non-hydrogen) atoms. The molecule has 200 valence electrons. The van der Waals surface area contributed by atoms with E-state index >= 15 is 0 Å². The molecule has 2 aliphatic rings. The first-order chi connectivity index (χ1) is 18.5. The number of aryl methyl sites for hydroxylation is 1. The van der Waals surface area contributed by atoms with E-state index in [-0.39, 0.29) is 11.6 Å². The van der Waals surface area contributed by atoms with Gasteiger partial charge >= 0.3 is 0 Å². The number of halogens is 1. The molecule has 4 nitrogen and oxygen atoms in total. The van der Waals surface area contributed by atoms with Crippen molar-refractivity contribution in [1.29, 1.82) is 0 Å². The summed E-state index contributed by atoms with van der Waals surface area (Å²) in [4.78, 5) is 15.6. The molecule has 1 heterocycles. The molecule has 0 bridgehead atoms.